The molecule has 4 nitrogen and oxygen atoms in total. The monoisotopic (exact) mass is 1270 g/mol. The van der Waals surface area contributed by atoms with Crippen molar-refractivity contribution in [2.45, 2.75) is 19.3 Å². The molecule has 0 N–H and O–H groups in total. The van der Waals surface area contributed by atoms with Gasteiger partial charge in [-0.15, -0.1) is 11.3 Å². The molecule has 0 aliphatic heterocycles. The van der Waals surface area contributed by atoms with Crippen molar-refractivity contribution in [2.75, 3.05) is 4.90 Å². The van der Waals surface area contributed by atoms with Crippen LogP contribution in [0.4, 0.5) is 17.1 Å². The van der Waals surface area contributed by atoms with Gasteiger partial charge in [0.05, 0.1) is 33.1 Å². The van der Waals surface area contributed by atoms with Gasteiger partial charge in [0.15, 0.2) is 0 Å². The standard InChI is InChI=1S/C54H35N3.C39H29NS/c1-3-15-40(16-4-1)55-51-25-13-9-21-45(51)47-34-36(27-29-53(47)55)38-31-39(33-42(32-38)57-49-23-11-7-19-43(49)44-20-8-12-24-50(44)57)37-28-30-54-48(35-37)46-22-10-14-26-52(46)56(54)41-17-5-2-6-18-41;1-39(2)35-16-10-9-15-31(35)33-25-38-34(24-36(33)39)32-22-21-30(23-37(32)41-38)40(28-13-7-4-8-14-28)29-19-17-27(18-20-29)26-11-5-3-6-12-26/h1-35H;3-25H,1-2H3. The summed E-state index contributed by atoms with van der Waals surface area (Å²) >= 11 is 1.90. The molecule has 98 heavy (non-hydrogen) atoms. The Bertz CT molecular complexity index is 6080. The van der Waals surface area contributed by atoms with Crippen LogP contribution in [0.25, 0.3) is 147 Å². The Morgan fingerprint density at radius 3 is 1.19 bits per heavy atom. The van der Waals surface area contributed by atoms with Crippen LogP contribution in [-0.4, -0.2) is 13.7 Å². The molecule has 0 unspecified atom stereocenters. The van der Waals surface area contributed by atoms with E-state index in [0.29, 0.717) is 0 Å². The first-order chi connectivity index (χ1) is 48.4. The molecule has 15 aromatic carbocycles. The minimum Gasteiger partial charge on any atom is -0.310 e. The SMILES string of the molecule is CC1(C)c2ccccc2-c2cc3sc4cc(N(c5ccccc5)c5ccc(-c6ccccc6)cc5)ccc4c3cc21.c1ccc(-n2c3ccccc3c3cc(-c4cc(-c5ccc6c(c5)c5ccccc5n6-c5ccccc5)cc(-n5c6ccccc6c6ccccc65)c4)ccc32)cc1. The third-order valence-electron chi connectivity index (χ3n) is 20.5. The smallest absolute Gasteiger partial charge is 0.0541 e. The number of hydrogen-bond donors (Lipinski definition) is 0. The first-order valence-electron chi connectivity index (χ1n) is 33.8. The Morgan fingerprint density at radius 2 is 0.643 bits per heavy atom. The Labute approximate surface area is 572 Å². The van der Waals surface area contributed by atoms with Gasteiger partial charge in [-0.3, -0.25) is 0 Å². The third kappa shape index (κ3) is 9.34. The van der Waals surface area contributed by atoms with Crippen molar-refractivity contribution in [1.82, 2.24) is 13.7 Å². The van der Waals surface area contributed by atoms with Crippen LogP contribution in [0, 0.1) is 0 Å². The number of nitrogens with zero attached hydrogens (tertiary/aromatic N) is 4. The van der Waals surface area contributed by atoms with E-state index >= 15 is 0 Å². The molecule has 0 amide bonds. The number of para-hydroxylation sites is 7. The average molecular weight is 1270 g/mol. The number of anilines is 3. The van der Waals surface area contributed by atoms with Gasteiger partial charge in [-0.25, -0.2) is 0 Å². The van der Waals surface area contributed by atoms with Crippen LogP contribution in [0.5, 0.6) is 0 Å². The van der Waals surface area contributed by atoms with E-state index in [1.165, 1.54) is 147 Å². The minimum atomic E-state index is 0.00430. The van der Waals surface area contributed by atoms with Crippen LogP contribution in [-0.2, 0) is 5.41 Å². The molecule has 0 spiro atoms. The van der Waals surface area contributed by atoms with E-state index in [1.54, 1.807) is 0 Å². The maximum atomic E-state index is 2.46. The first kappa shape index (κ1) is 57.2. The van der Waals surface area contributed by atoms with Crippen molar-refractivity contribution in [3.05, 3.63) is 363 Å². The summed E-state index contributed by atoms with van der Waals surface area (Å²) in [6.45, 7) is 4.72. The van der Waals surface area contributed by atoms with Crippen molar-refractivity contribution < 1.29 is 0 Å². The van der Waals surface area contributed by atoms with Gasteiger partial charge in [0.1, 0.15) is 0 Å². The van der Waals surface area contributed by atoms with Crippen molar-refractivity contribution >= 4 is 114 Å². The maximum Gasteiger partial charge on any atom is 0.0541 e. The molecule has 0 bridgehead atoms. The molecule has 5 heteroatoms. The number of aromatic nitrogens is 3. The topological polar surface area (TPSA) is 18.0 Å². The molecule has 20 rings (SSSR count). The van der Waals surface area contributed by atoms with E-state index in [1.807, 2.05) is 11.3 Å². The summed E-state index contributed by atoms with van der Waals surface area (Å²) in [4.78, 5) is 2.36. The molecule has 0 atom stereocenters. The molecule has 0 radical (unpaired) electrons. The zero-order valence-electron chi connectivity index (χ0n) is 54.2. The zero-order valence-corrected chi connectivity index (χ0v) is 55.0. The van der Waals surface area contributed by atoms with Gasteiger partial charge in [0.25, 0.3) is 0 Å². The number of hydrogen-bond acceptors (Lipinski definition) is 2. The Hall–Kier alpha value is -12.3. The lowest BCUT2D eigenvalue weighted by molar-refractivity contribution is 0.661. The highest BCUT2D eigenvalue weighted by Gasteiger charge is 2.36. The van der Waals surface area contributed by atoms with E-state index in [-0.39, 0.29) is 5.41 Å². The minimum absolute atomic E-state index is 0.00430. The summed E-state index contributed by atoms with van der Waals surface area (Å²) in [5, 5.41) is 10.2. The van der Waals surface area contributed by atoms with E-state index < -0.39 is 0 Å². The normalized spacial score (nSPS) is 12.5. The second-order valence-corrected chi connectivity index (χ2v) is 27.5. The molecule has 0 saturated carbocycles. The third-order valence-corrected chi connectivity index (χ3v) is 21.6. The van der Waals surface area contributed by atoms with Gasteiger partial charge in [-0.1, -0.05) is 226 Å². The van der Waals surface area contributed by atoms with Crippen LogP contribution in [0.3, 0.4) is 0 Å². The molecule has 1 aliphatic rings. The van der Waals surface area contributed by atoms with Crippen molar-refractivity contribution in [2.24, 2.45) is 0 Å². The first-order valence-corrected chi connectivity index (χ1v) is 34.6. The highest BCUT2D eigenvalue weighted by molar-refractivity contribution is 7.25. The highest BCUT2D eigenvalue weighted by Crippen LogP contribution is 2.52. The second kappa shape index (κ2) is 23.0. The molecule has 4 heterocycles. The quantitative estimate of drug-likeness (QED) is 0.141. The van der Waals surface area contributed by atoms with Gasteiger partial charge >= 0.3 is 0 Å². The largest absolute Gasteiger partial charge is 0.310 e. The predicted molar refractivity (Wildman–Crippen MR) is 417 cm³/mol. The lowest BCUT2D eigenvalue weighted by Crippen LogP contribution is -2.14. The number of rotatable bonds is 9. The lowest BCUT2D eigenvalue weighted by atomic mass is 9.82. The van der Waals surface area contributed by atoms with E-state index in [9.17, 15) is 0 Å². The van der Waals surface area contributed by atoms with Crippen molar-refractivity contribution in [1.29, 1.82) is 0 Å². The van der Waals surface area contributed by atoms with E-state index in [4.69, 9.17) is 0 Å². The van der Waals surface area contributed by atoms with Gasteiger partial charge in [0, 0.05) is 92.0 Å². The molecule has 4 aromatic heterocycles. The van der Waals surface area contributed by atoms with Crippen molar-refractivity contribution in [3.8, 4) is 61.6 Å². The Morgan fingerprint density at radius 1 is 0.235 bits per heavy atom. The van der Waals surface area contributed by atoms with Gasteiger partial charge < -0.3 is 18.6 Å². The summed E-state index contributed by atoms with van der Waals surface area (Å²) in [6, 6.07) is 128. The predicted octanol–water partition coefficient (Wildman–Crippen LogP) is 25.8. The average Bonchev–Trinajstić information content (AvgIpc) is 1.57. The van der Waals surface area contributed by atoms with Crippen LogP contribution >= 0.6 is 11.3 Å². The summed E-state index contributed by atoms with van der Waals surface area (Å²) in [7, 11) is 0. The number of fused-ring (bicyclic) bond motifs is 15. The fourth-order valence-corrected chi connectivity index (χ4v) is 17.0. The molecule has 0 fully saturated rings. The van der Waals surface area contributed by atoms with E-state index in [2.05, 4.69) is 384 Å². The van der Waals surface area contributed by atoms with Gasteiger partial charge in [-0.05, 0) is 195 Å². The van der Waals surface area contributed by atoms with Gasteiger partial charge in [-0.2, -0.15) is 0 Å². The van der Waals surface area contributed by atoms with Crippen LogP contribution < -0.4 is 4.90 Å². The molecule has 1 aliphatic carbocycles. The van der Waals surface area contributed by atoms with Crippen LogP contribution in [0.15, 0.2) is 352 Å². The summed E-state index contributed by atoms with van der Waals surface area (Å²) < 4.78 is 9.87. The fraction of sp³-hybridized carbons (Fsp3) is 0.0323. The summed E-state index contributed by atoms with van der Waals surface area (Å²) in [5.41, 5.74) is 26.9. The molecule has 0 saturated heterocycles. The summed E-state index contributed by atoms with van der Waals surface area (Å²) in [5.74, 6) is 0. The molecule has 462 valence electrons. The zero-order chi connectivity index (χ0) is 65.0. The van der Waals surface area contributed by atoms with Crippen molar-refractivity contribution in [3.63, 3.8) is 0 Å². The molecular weight excluding hydrogens is 1210 g/mol. The van der Waals surface area contributed by atoms with Crippen LogP contribution in [0.2, 0.25) is 0 Å². The Balaban J connectivity index is 0.000000145. The lowest BCUT2D eigenvalue weighted by Gasteiger charge is -2.25. The summed E-state index contributed by atoms with van der Waals surface area (Å²) in [6.07, 6.45) is 0. The van der Waals surface area contributed by atoms with E-state index in [0.717, 1.165) is 28.4 Å². The maximum absolute atomic E-state index is 2.46. The number of thiophene rings is 1. The molecule has 19 aromatic rings. The molecular formula is C93H64N4S. The second-order valence-electron chi connectivity index (χ2n) is 26.4. The Kier molecular flexibility index (Phi) is 13.4. The fourth-order valence-electron chi connectivity index (χ4n) is 15.8. The highest BCUT2D eigenvalue weighted by atomic mass is 32.1. The number of benzene rings is 15. The van der Waals surface area contributed by atoms with Crippen LogP contribution in [0.1, 0.15) is 25.0 Å². The van der Waals surface area contributed by atoms with Gasteiger partial charge in [0.2, 0.25) is 0 Å².